The van der Waals surface area contributed by atoms with Crippen LogP contribution < -0.4 is 5.32 Å². The number of amides is 1. The number of fused-ring (bicyclic) bond motifs is 1. The van der Waals surface area contributed by atoms with Gasteiger partial charge in [-0.1, -0.05) is 6.92 Å². The van der Waals surface area contributed by atoms with Crippen molar-refractivity contribution in [1.29, 1.82) is 0 Å². The third kappa shape index (κ3) is 1.18. The molecular weight excluding hydrogens is 250 g/mol. The van der Waals surface area contributed by atoms with E-state index in [2.05, 4.69) is 26.3 Å². The third-order valence-corrected chi connectivity index (χ3v) is 2.78. The number of nitrogens with one attached hydrogen (secondary N) is 1. The van der Waals surface area contributed by atoms with E-state index in [-0.39, 0.29) is 11.8 Å². The molecule has 74 valence electrons. The standard InChI is InChI=1S/C8H8BrN3O2/c1-2-4-7(13)11-6-5(9)3-10-12(6)8(4)14/h3-4H,2H2,1H3,(H,11,13). The number of rotatable bonds is 1. The fourth-order valence-electron chi connectivity index (χ4n) is 1.43. The highest BCUT2D eigenvalue weighted by atomic mass is 79.9. The summed E-state index contributed by atoms with van der Waals surface area (Å²) in [7, 11) is 0. The van der Waals surface area contributed by atoms with Crippen LogP contribution >= 0.6 is 15.9 Å². The molecule has 2 rings (SSSR count). The lowest BCUT2D eigenvalue weighted by Crippen LogP contribution is -2.39. The molecule has 0 saturated heterocycles. The van der Waals surface area contributed by atoms with Crippen LogP contribution in [-0.2, 0) is 4.79 Å². The predicted molar refractivity (Wildman–Crippen MR) is 53.0 cm³/mol. The summed E-state index contributed by atoms with van der Waals surface area (Å²) in [5.41, 5.74) is 0. The predicted octanol–water partition coefficient (Wildman–Crippen LogP) is 1.26. The van der Waals surface area contributed by atoms with E-state index < -0.39 is 5.92 Å². The van der Waals surface area contributed by atoms with E-state index in [1.807, 2.05) is 0 Å². The van der Waals surface area contributed by atoms with Crippen LogP contribution in [0.25, 0.3) is 0 Å². The monoisotopic (exact) mass is 257 g/mol. The number of halogens is 1. The largest absolute Gasteiger partial charge is 0.309 e. The summed E-state index contributed by atoms with van der Waals surface area (Å²) < 4.78 is 1.84. The SMILES string of the molecule is CCC1C(=O)Nc2c(Br)cnn2C1=O. The van der Waals surface area contributed by atoms with Crippen molar-refractivity contribution in [2.75, 3.05) is 5.32 Å². The Kier molecular flexibility index (Phi) is 2.14. The van der Waals surface area contributed by atoms with Crippen molar-refractivity contribution in [2.24, 2.45) is 5.92 Å². The minimum Gasteiger partial charge on any atom is -0.309 e. The van der Waals surface area contributed by atoms with Crippen LogP contribution in [0.1, 0.15) is 18.1 Å². The number of hydrogen-bond acceptors (Lipinski definition) is 3. The van der Waals surface area contributed by atoms with Crippen LogP contribution in [0.3, 0.4) is 0 Å². The van der Waals surface area contributed by atoms with Crippen LogP contribution in [0, 0.1) is 5.92 Å². The van der Waals surface area contributed by atoms with E-state index in [4.69, 9.17) is 0 Å². The van der Waals surface area contributed by atoms with Crippen molar-refractivity contribution < 1.29 is 9.59 Å². The minimum absolute atomic E-state index is 0.258. The highest BCUT2D eigenvalue weighted by Gasteiger charge is 2.34. The number of aromatic nitrogens is 2. The van der Waals surface area contributed by atoms with Crippen molar-refractivity contribution >= 4 is 33.6 Å². The zero-order valence-electron chi connectivity index (χ0n) is 7.45. The minimum atomic E-state index is -0.616. The van der Waals surface area contributed by atoms with E-state index in [1.54, 1.807) is 6.92 Å². The zero-order chi connectivity index (χ0) is 10.3. The highest BCUT2D eigenvalue weighted by molar-refractivity contribution is 9.10. The van der Waals surface area contributed by atoms with Gasteiger partial charge in [-0.2, -0.15) is 9.78 Å². The Balaban J connectivity index is 2.50. The second-order valence-corrected chi connectivity index (χ2v) is 3.90. The Labute approximate surface area is 88.6 Å². The highest BCUT2D eigenvalue weighted by Crippen LogP contribution is 2.27. The van der Waals surface area contributed by atoms with Crippen molar-refractivity contribution in [3.05, 3.63) is 10.7 Å². The molecule has 1 aliphatic rings. The van der Waals surface area contributed by atoms with Crippen molar-refractivity contribution in [1.82, 2.24) is 9.78 Å². The average Bonchev–Trinajstić information content (AvgIpc) is 2.49. The fraction of sp³-hybridized carbons (Fsp3) is 0.375. The third-order valence-electron chi connectivity index (χ3n) is 2.20. The maximum atomic E-state index is 11.7. The average molecular weight is 258 g/mol. The molecule has 0 aromatic carbocycles. The van der Waals surface area contributed by atoms with Gasteiger partial charge in [0.05, 0.1) is 10.7 Å². The fourth-order valence-corrected chi connectivity index (χ4v) is 1.79. The number of anilines is 1. The van der Waals surface area contributed by atoms with E-state index in [9.17, 15) is 9.59 Å². The van der Waals surface area contributed by atoms with E-state index in [0.717, 1.165) is 0 Å². The van der Waals surface area contributed by atoms with Crippen LogP contribution in [0.15, 0.2) is 10.7 Å². The Morgan fingerprint density at radius 3 is 3.00 bits per heavy atom. The van der Waals surface area contributed by atoms with Gasteiger partial charge in [0.15, 0.2) is 5.82 Å². The quantitative estimate of drug-likeness (QED) is 0.771. The van der Waals surface area contributed by atoms with Crippen LogP contribution in [0.2, 0.25) is 0 Å². The van der Waals surface area contributed by atoms with Crippen LogP contribution in [0.5, 0.6) is 0 Å². The molecule has 1 unspecified atom stereocenters. The topological polar surface area (TPSA) is 64.0 Å². The second kappa shape index (κ2) is 3.20. The molecule has 0 saturated carbocycles. The lowest BCUT2D eigenvalue weighted by Gasteiger charge is -2.20. The van der Waals surface area contributed by atoms with E-state index in [1.165, 1.54) is 10.9 Å². The molecule has 1 atom stereocenters. The Bertz CT molecular complexity index is 413. The molecule has 1 amide bonds. The van der Waals surface area contributed by atoms with E-state index in [0.29, 0.717) is 16.7 Å². The normalized spacial score (nSPS) is 20.6. The molecule has 2 heterocycles. The Morgan fingerprint density at radius 2 is 2.36 bits per heavy atom. The molecule has 14 heavy (non-hydrogen) atoms. The first-order chi connectivity index (χ1) is 6.65. The van der Waals surface area contributed by atoms with Gasteiger partial charge in [0, 0.05) is 0 Å². The summed E-state index contributed by atoms with van der Waals surface area (Å²) >= 11 is 3.20. The van der Waals surface area contributed by atoms with Crippen LogP contribution in [-0.4, -0.2) is 21.6 Å². The number of hydrogen-bond donors (Lipinski definition) is 1. The van der Waals surface area contributed by atoms with Gasteiger partial charge in [-0.25, -0.2) is 0 Å². The Hall–Kier alpha value is -1.17. The van der Waals surface area contributed by atoms with Gasteiger partial charge in [0.25, 0.3) is 5.91 Å². The molecule has 0 radical (unpaired) electrons. The molecule has 0 fully saturated rings. The number of carbonyl (C=O) groups is 2. The number of carbonyl (C=O) groups excluding carboxylic acids is 2. The van der Waals surface area contributed by atoms with Gasteiger partial charge < -0.3 is 5.32 Å². The first-order valence-corrected chi connectivity index (χ1v) is 5.03. The van der Waals surface area contributed by atoms with Crippen molar-refractivity contribution in [3.8, 4) is 0 Å². The van der Waals surface area contributed by atoms with Gasteiger partial charge in [0.2, 0.25) is 5.91 Å². The van der Waals surface area contributed by atoms with Crippen molar-refractivity contribution in [3.63, 3.8) is 0 Å². The summed E-state index contributed by atoms with van der Waals surface area (Å²) in [5, 5.41) is 6.51. The number of nitrogens with zero attached hydrogens (tertiary/aromatic N) is 2. The van der Waals surface area contributed by atoms with Gasteiger partial charge >= 0.3 is 0 Å². The van der Waals surface area contributed by atoms with Gasteiger partial charge in [0.1, 0.15) is 5.92 Å². The second-order valence-electron chi connectivity index (χ2n) is 3.04. The maximum Gasteiger partial charge on any atom is 0.261 e. The molecule has 0 aliphatic carbocycles. The van der Waals surface area contributed by atoms with Gasteiger partial charge in [-0.05, 0) is 22.4 Å². The molecule has 1 aromatic rings. The van der Waals surface area contributed by atoms with Crippen molar-refractivity contribution in [2.45, 2.75) is 13.3 Å². The smallest absolute Gasteiger partial charge is 0.261 e. The lowest BCUT2D eigenvalue weighted by molar-refractivity contribution is -0.119. The zero-order valence-corrected chi connectivity index (χ0v) is 9.04. The molecule has 0 spiro atoms. The molecule has 5 nitrogen and oxygen atoms in total. The molecule has 0 bridgehead atoms. The van der Waals surface area contributed by atoms with Crippen LogP contribution in [0.4, 0.5) is 5.82 Å². The molecule has 1 N–H and O–H groups in total. The maximum absolute atomic E-state index is 11.7. The molecule has 1 aromatic heterocycles. The first kappa shape index (κ1) is 9.39. The van der Waals surface area contributed by atoms with E-state index >= 15 is 0 Å². The lowest BCUT2D eigenvalue weighted by atomic mass is 10.0. The summed E-state index contributed by atoms with van der Waals surface area (Å²) in [6.07, 6.45) is 1.98. The first-order valence-electron chi connectivity index (χ1n) is 4.23. The van der Waals surface area contributed by atoms with Gasteiger partial charge in [-0.3, -0.25) is 9.59 Å². The summed E-state index contributed by atoms with van der Waals surface area (Å²) in [5.74, 6) is -0.720. The summed E-state index contributed by atoms with van der Waals surface area (Å²) in [6.45, 7) is 1.80. The van der Waals surface area contributed by atoms with Gasteiger partial charge in [-0.15, -0.1) is 0 Å². The molecule has 6 heteroatoms. The molecular formula is C8H8BrN3O2. The molecule has 1 aliphatic heterocycles. The summed E-state index contributed by atoms with van der Waals surface area (Å²) in [6, 6.07) is 0. The summed E-state index contributed by atoms with van der Waals surface area (Å²) in [4.78, 5) is 23.1. The Morgan fingerprint density at radius 1 is 1.64 bits per heavy atom.